The van der Waals surface area contributed by atoms with Gasteiger partial charge in [0.2, 0.25) is 5.91 Å². The van der Waals surface area contributed by atoms with Gasteiger partial charge in [0.15, 0.2) is 0 Å². The van der Waals surface area contributed by atoms with Crippen LogP contribution < -0.4 is 11.1 Å². The fraction of sp³-hybridized carbons (Fsp3) is 0.889. The summed E-state index contributed by atoms with van der Waals surface area (Å²) in [7, 11) is -1.18. The van der Waals surface area contributed by atoms with Crippen LogP contribution in [0.1, 0.15) is 27.2 Å². The average molecular weight is 220 g/mol. The third-order valence-electron chi connectivity index (χ3n) is 2.00. The fourth-order valence-corrected chi connectivity index (χ4v) is 2.12. The minimum absolute atomic E-state index is 0.127. The Kier molecular flexibility index (Phi) is 6.74. The number of hydrogen-bond acceptors (Lipinski definition) is 3. The van der Waals surface area contributed by atoms with Crippen LogP contribution in [0.25, 0.3) is 0 Å². The Balaban J connectivity index is 4.10. The van der Waals surface area contributed by atoms with Crippen LogP contribution in [-0.2, 0) is 15.6 Å². The van der Waals surface area contributed by atoms with E-state index in [-0.39, 0.29) is 11.2 Å². The summed E-state index contributed by atoms with van der Waals surface area (Å²) in [5, 5.41) is 2.12. The topological polar surface area (TPSA) is 72.2 Å². The van der Waals surface area contributed by atoms with Gasteiger partial charge in [-0.2, -0.15) is 0 Å². The first-order valence-electron chi connectivity index (χ1n) is 4.91. The van der Waals surface area contributed by atoms with E-state index in [1.54, 1.807) is 13.8 Å². The van der Waals surface area contributed by atoms with Crippen LogP contribution in [0.5, 0.6) is 0 Å². The van der Waals surface area contributed by atoms with Gasteiger partial charge in [0.25, 0.3) is 0 Å². The smallest absolute Gasteiger partial charge is 0.235 e. The van der Waals surface area contributed by atoms with Crippen molar-refractivity contribution in [2.75, 3.05) is 13.1 Å². The van der Waals surface area contributed by atoms with E-state index < -0.39 is 16.0 Å². The molecule has 3 atom stereocenters. The summed E-state index contributed by atoms with van der Waals surface area (Å²) >= 11 is 0. The molecular formula is C9H20N2O2S. The van der Waals surface area contributed by atoms with Gasteiger partial charge in [-0.1, -0.05) is 6.92 Å². The molecule has 3 unspecified atom stereocenters. The minimum Gasteiger partial charge on any atom is -0.355 e. The van der Waals surface area contributed by atoms with Crippen molar-refractivity contribution < 1.29 is 9.00 Å². The van der Waals surface area contributed by atoms with E-state index in [1.165, 1.54) is 0 Å². The maximum absolute atomic E-state index is 11.6. The van der Waals surface area contributed by atoms with E-state index >= 15 is 0 Å². The van der Waals surface area contributed by atoms with E-state index in [4.69, 9.17) is 5.73 Å². The van der Waals surface area contributed by atoms with E-state index in [2.05, 4.69) is 5.32 Å². The van der Waals surface area contributed by atoms with Crippen LogP contribution in [0.3, 0.4) is 0 Å². The van der Waals surface area contributed by atoms with Gasteiger partial charge >= 0.3 is 0 Å². The zero-order valence-corrected chi connectivity index (χ0v) is 9.89. The summed E-state index contributed by atoms with van der Waals surface area (Å²) in [5.41, 5.74) is 5.39. The summed E-state index contributed by atoms with van der Waals surface area (Å²) in [6.07, 6.45) is 0.886. The van der Waals surface area contributed by atoms with Gasteiger partial charge in [-0.25, -0.2) is 0 Å². The fourth-order valence-electron chi connectivity index (χ4n) is 0.941. The largest absolute Gasteiger partial charge is 0.355 e. The van der Waals surface area contributed by atoms with Gasteiger partial charge in [-0.15, -0.1) is 0 Å². The highest BCUT2D eigenvalue weighted by Crippen LogP contribution is 2.02. The molecule has 0 fully saturated rings. The SMILES string of the molecule is CCCNC(=O)C(C)S(=O)C(C)CN. The number of nitrogens with one attached hydrogen (secondary N) is 1. The number of amides is 1. The van der Waals surface area contributed by atoms with Crippen LogP contribution in [0.2, 0.25) is 0 Å². The minimum atomic E-state index is -1.18. The van der Waals surface area contributed by atoms with Crippen molar-refractivity contribution in [3.63, 3.8) is 0 Å². The van der Waals surface area contributed by atoms with Crippen molar-refractivity contribution in [1.29, 1.82) is 0 Å². The third-order valence-corrected chi connectivity index (χ3v) is 3.89. The Morgan fingerprint density at radius 1 is 1.50 bits per heavy atom. The van der Waals surface area contributed by atoms with E-state index in [9.17, 15) is 9.00 Å². The quantitative estimate of drug-likeness (QED) is 0.661. The standard InChI is InChI=1S/C9H20N2O2S/c1-4-5-11-9(12)8(3)14(13)7(2)6-10/h7-8H,4-6,10H2,1-3H3,(H,11,12). The molecule has 0 aromatic heterocycles. The number of hydrogen-bond donors (Lipinski definition) is 2. The van der Waals surface area contributed by atoms with Crippen LogP contribution in [0.15, 0.2) is 0 Å². The molecule has 4 nitrogen and oxygen atoms in total. The predicted molar refractivity (Wildman–Crippen MR) is 59.4 cm³/mol. The Labute approximate surface area is 88.1 Å². The lowest BCUT2D eigenvalue weighted by atomic mass is 10.4. The second-order valence-corrected chi connectivity index (χ2v) is 5.48. The summed E-state index contributed by atoms with van der Waals surface area (Å²) in [4.78, 5) is 11.4. The molecule has 0 saturated heterocycles. The molecule has 0 rings (SSSR count). The predicted octanol–water partition coefficient (Wildman–Crippen LogP) is -0.00300. The monoisotopic (exact) mass is 220 g/mol. The zero-order chi connectivity index (χ0) is 11.1. The van der Waals surface area contributed by atoms with E-state index in [0.29, 0.717) is 13.1 Å². The molecule has 0 saturated carbocycles. The lowest BCUT2D eigenvalue weighted by molar-refractivity contribution is -0.120. The lowest BCUT2D eigenvalue weighted by Gasteiger charge is -2.15. The molecule has 0 aromatic rings. The molecule has 84 valence electrons. The molecule has 0 aliphatic carbocycles. The second-order valence-electron chi connectivity index (χ2n) is 3.31. The second kappa shape index (κ2) is 6.95. The Morgan fingerprint density at radius 2 is 2.07 bits per heavy atom. The molecule has 0 aliphatic rings. The summed E-state index contributed by atoms with van der Waals surface area (Å²) < 4.78 is 11.6. The molecule has 0 bridgehead atoms. The van der Waals surface area contributed by atoms with E-state index in [0.717, 1.165) is 6.42 Å². The zero-order valence-electron chi connectivity index (χ0n) is 9.08. The van der Waals surface area contributed by atoms with Crippen molar-refractivity contribution in [2.24, 2.45) is 5.73 Å². The molecule has 0 spiro atoms. The van der Waals surface area contributed by atoms with Gasteiger partial charge < -0.3 is 11.1 Å². The molecule has 3 N–H and O–H groups in total. The first-order chi connectivity index (χ1) is 6.54. The first kappa shape index (κ1) is 13.6. The van der Waals surface area contributed by atoms with Gasteiger partial charge in [0.05, 0.1) is 0 Å². The highest BCUT2D eigenvalue weighted by molar-refractivity contribution is 7.87. The molecule has 14 heavy (non-hydrogen) atoms. The summed E-state index contributed by atoms with van der Waals surface area (Å²) in [5.74, 6) is -0.148. The highest BCUT2D eigenvalue weighted by Gasteiger charge is 2.23. The molecule has 0 radical (unpaired) electrons. The van der Waals surface area contributed by atoms with Gasteiger partial charge in [0, 0.05) is 29.1 Å². The molecule has 0 heterocycles. The third kappa shape index (κ3) is 4.19. The molecule has 5 heteroatoms. The average Bonchev–Trinajstić information content (AvgIpc) is 2.22. The Hall–Kier alpha value is -0.420. The molecular weight excluding hydrogens is 200 g/mol. The van der Waals surface area contributed by atoms with Crippen molar-refractivity contribution >= 4 is 16.7 Å². The Bertz CT molecular complexity index is 209. The van der Waals surface area contributed by atoms with Gasteiger partial charge in [0.1, 0.15) is 5.25 Å². The lowest BCUT2D eigenvalue weighted by Crippen LogP contribution is -2.40. The van der Waals surface area contributed by atoms with Gasteiger partial charge in [-0.05, 0) is 20.3 Å². The van der Waals surface area contributed by atoms with Crippen molar-refractivity contribution in [3.8, 4) is 0 Å². The first-order valence-corrected chi connectivity index (χ1v) is 6.19. The maximum atomic E-state index is 11.6. The molecule has 1 amide bonds. The van der Waals surface area contributed by atoms with Crippen molar-refractivity contribution in [3.05, 3.63) is 0 Å². The van der Waals surface area contributed by atoms with Crippen molar-refractivity contribution in [2.45, 2.75) is 37.7 Å². The van der Waals surface area contributed by atoms with Crippen LogP contribution in [-0.4, -0.2) is 33.7 Å². The number of carbonyl (C=O) groups excluding carboxylic acids is 1. The van der Waals surface area contributed by atoms with E-state index in [1.807, 2.05) is 6.92 Å². The highest BCUT2D eigenvalue weighted by atomic mass is 32.2. The summed E-state index contributed by atoms with van der Waals surface area (Å²) in [6, 6.07) is 0. The van der Waals surface area contributed by atoms with Gasteiger partial charge in [-0.3, -0.25) is 9.00 Å². The van der Waals surface area contributed by atoms with Crippen LogP contribution in [0, 0.1) is 0 Å². The maximum Gasteiger partial charge on any atom is 0.235 e. The number of nitrogens with two attached hydrogens (primary N) is 1. The van der Waals surface area contributed by atoms with Crippen LogP contribution in [0.4, 0.5) is 0 Å². The Morgan fingerprint density at radius 3 is 2.50 bits per heavy atom. The number of carbonyl (C=O) groups is 1. The van der Waals surface area contributed by atoms with Crippen molar-refractivity contribution in [1.82, 2.24) is 5.32 Å². The van der Waals surface area contributed by atoms with Crippen LogP contribution >= 0.6 is 0 Å². The normalized spacial score (nSPS) is 17.1. The summed E-state index contributed by atoms with van der Waals surface area (Å²) in [6.45, 7) is 6.42. The number of rotatable bonds is 6. The molecule has 0 aliphatic heterocycles. The molecule has 0 aromatic carbocycles.